The molecule has 1 aromatic carbocycles. The lowest BCUT2D eigenvalue weighted by molar-refractivity contribution is 0.0671. The molecule has 0 N–H and O–H groups in total. The van der Waals surface area contributed by atoms with Crippen LogP contribution in [0.2, 0.25) is 5.02 Å². The summed E-state index contributed by atoms with van der Waals surface area (Å²) in [4.78, 5) is 18.2. The first-order valence-electron chi connectivity index (χ1n) is 12.4. The van der Waals surface area contributed by atoms with Gasteiger partial charge in [-0.15, -0.1) is 0 Å². The first kappa shape index (κ1) is 24.6. The van der Waals surface area contributed by atoms with Crippen molar-refractivity contribution in [3.8, 4) is 0 Å². The molecule has 1 fully saturated rings. The van der Waals surface area contributed by atoms with Gasteiger partial charge in [-0.1, -0.05) is 37.1 Å². The number of imidazole rings is 1. The lowest BCUT2D eigenvalue weighted by Crippen LogP contribution is -2.47. The molecule has 1 atom stereocenters. The van der Waals surface area contributed by atoms with E-state index in [0.717, 1.165) is 87.3 Å². The quantitative estimate of drug-likeness (QED) is 0.344. The van der Waals surface area contributed by atoms with E-state index in [1.165, 1.54) is 0 Å². The summed E-state index contributed by atoms with van der Waals surface area (Å²) in [7, 11) is 0. The third kappa shape index (κ3) is 6.78. The average molecular weight is 483 g/mol. The van der Waals surface area contributed by atoms with Crippen LogP contribution in [0.25, 0.3) is 0 Å². The molecule has 1 aliphatic rings. The predicted molar refractivity (Wildman–Crippen MR) is 136 cm³/mol. The van der Waals surface area contributed by atoms with E-state index in [4.69, 9.17) is 16.3 Å². The van der Waals surface area contributed by atoms with E-state index in [1.54, 1.807) is 0 Å². The van der Waals surface area contributed by atoms with Crippen LogP contribution in [0.15, 0.2) is 55.1 Å². The van der Waals surface area contributed by atoms with E-state index in [2.05, 4.69) is 42.4 Å². The van der Waals surface area contributed by atoms with Crippen molar-refractivity contribution in [2.45, 2.75) is 45.3 Å². The molecule has 2 aromatic heterocycles. The van der Waals surface area contributed by atoms with Gasteiger partial charge >= 0.3 is 0 Å². The number of anilines is 1. The normalized spacial score (nSPS) is 15.5. The highest BCUT2D eigenvalue weighted by Crippen LogP contribution is 2.27. The van der Waals surface area contributed by atoms with Crippen molar-refractivity contribution in [1.82, 2.24) is 24.4 Å². The Bertz CT molecular complexity index is 972. The van der Waals surface area contributed by atoms with Gasteiger partial charge in [-0.3, -0.25) is 4.90 Å². The number of piperazine rings is 1. The zero-order valence-corrected chi connectivity index (χ0v) is 20.8. The van der Waals surface area contributed by atoms with Crippen molar-refractivity contribution in [1.29, 1.82) is 0 Å². The Kier molecular flexibility index (Phi) is 9.30. The molecule has 0 bridgehead atoms. The van der Waals surface area contributed by atoms with Gasteiger partial charge < -0.3 is 14.2 Å². The van der Waals surface area contributed by atoms with Crippen LogP contribution < -0.4 is 4.90 Å². The fourth-order valence-corrected chi connectivity index (χ4v) is 4.42. The molecule has 0 spiro atoms. The number of aromatic nitrogens is 4. The summed E-state index contributed by atoms with van der Waals surface area (Å²) in [6.45, 7) is 8.98. The third-order valence-corrected chi connectivity index (χ3v) is 6.52. The van der Waals surface area contributed by atoms with E-state index >= 15 is 0 Å². The van der Waals surface area contributed by atoms with Gasteiger partial charge in [0.05, 0.1) is 0 Å². The third-order valence-electron chi connectivity index (χ3n) is 6.27. The molecule has 1 unspecified atom stereocenters. The first-order valence-corrected chi connectivity index (χ1v) is 12.7. The van der Waals surface area contributed by atoms with Crippen molar-refractivity contribution >= 4 is 17.5 Å². The molecule has 4 rings (SSSR count). The molecule has 3 heterocycles. The SMILES string of the molecule is CCCCn1ccnc1C(OCCCCN1CCN(c2ncccn2)CC1)c1ccc(Cl)cc1. The van der Waals surface area contributed by atoms with Crippen LogP contribution >= 0.6 is 11.6 Å². The van der Waals surface area contributed by atoms with Gasteiger partial charge in [-0.05, 0) is 49.6 Å². The topological polar surface area (TPSA) is 59.3 Å². The monoisotopic (exact) mass is 482 g/mol. The van der Waals surface area contributed by atoms with Gasteiger partial charge in [0.2, 0.25) is 5.95 Å². The van der Waals surface area contributed by atoms with Crippen molar-refractivity contribution in [3.63, 3.8) is 0 Å². The lowest BCUT2D eigenvalue weighted by Gasteiger charge is -2.34. The van der Waals surface area contributed by atoms with Gasteiger partial charge in [-0.2, -0.15) is 0 Å². The van der Waals surface area contributed by atoms with Crippen LogP contribution in [0.4, 0.5) is 5.95 Å². The summed E-state index contributed by atoms with van der Waals surface area (Å²) in [5.74, 6) is 1.80. The minimum Gasteiger partial charge on any atom is -0.366 e. The Morgan fingerprint density at radius 2 is 1.68 bits per heavy atom. The fourth-order valence-electron chi connectivity index (χ4n) is 4.30. The van der Waals surface area contributed by atoms with Crippen LogP contribution in [0.3, 0.4) is 0 Å². The van der Waals surface area contributed by atoms with Crippen LogP contribution in [0.5, 0.6) is 0 Å². The van der Waals surface area contributed by atoms with Crippen molar-refractivity contribution < 1.29 is 4.74 Å². The highest BCUT2D eigenvalue weighted by Gasteiger charge is 2.21. The Labute approximate surface area is 207 Å². The van der Waals surface area contributed by atoms with Gasteiger partial charge in [-0.25, -0.2) is 15.0 Å². The summed E-state index contributed by atoms with van der Waals surface area (Å²) >= 11 is 6.13. The highest BCUT2D eigenvalue weighted by atomic mass is 35.5. The molecule has 0 radical (unpaired) electrons. The number of hydrogen-bond acceptors (Lipinski definition) is 6. The lowest BCUT2D eigenvalue weighted by atomic mass is 10.1. The molecule has 0 amide bonds. The van der Waals surface area contributed by atoms with Crippen molar-refractivity contribution in [2.75, 3.05) is 44.2 Å². The number of unbranched alkanes of at least 4 members (excludes halogenated alkanes) is 2. The highest BCUT2D eigenvalue weighted by molar-refractivity contribution is 6.30. The van der Waals surface area contributed by atoms with Crippen LogP contribution in [0.1, 0.15) is 50.1 Å². The van der Waals surface area contributed by atoms with Crippen LogP contribution in [0, 0.1) is 0 Å². The molecule has 1 saturated heterocycles. The van der Waals surface area contributed by atoms with Crippen LogP contribution in [-0.2, 0) is 11.3 Å². The zero-order valence-electron chi connectivity index (χ0n) is 20.0. The van der Waals surface area contributed by atoms with E-state index in [1.807, 2.05) is 48.9 Å². The standard InChI is InChI=1S/C26H35ClN6O/c1-2-3-15-32-16-13-28-25(32)24(22-7-9-23(27)10-8-22)34-21-5-4-14-31-17-19-33(20-18-31)26-29-11-6-12-30-26/h6-13,16,24H,2-5,14-15,17-21H2,1H3. The fraction of sp³-hybridized carbons (Fsp3) is 0.500. The minimum absolute atomic E-state index is 0.182. The van der Waals surface area contributed by atoms with Gasteiger partial charge in [0.1, 0.15) is 11.9 Å². The molecule has 8 heteroatoms. The molecule has 3 aromatic rings. The minimum atomic E-state index is -0.182. The van der Waals surface area contributed by atoms with Crippen LogP contribution in [-0.4, -0.2) is 63.7 Å². The van der Waals surface area contributed by atoms with Gasteiger partial charge in [0.15, 0.2) is 0 Å². The smallest absolute Gasteiger partial charge is 0.225 e. The Morgan fingerprint density at radius 1 is 0.912 bits per heavy atom. The maximum Gasteiger partial charge on any atom is 0.225 e. The number of halogens is 1. The molecule has 7 nitrogen and oxygen atoms in total. The van der Waals surface area contributed by atoms with Gasteiger partial charge in [0.25, 0.3) is 0 Å². The largest absolute Gasteiger partial charge is 0.366 e. The number of hydrogen-bond donors (Lipinski definition) is 0. The first-order chi connectivity index (χ1) is 16.7. The molecule has 0 saturated carbocycles. The molecular weight excluding hydrogens is 448 g/mol. The Morgan fingerprint density at radius 3 is 2.41 bits per heavy atom. The summed E-state index contributed by atoms with van der Waals surface area (Å²) in [5.41, 5.74) is 1.09. The second-order valence-corrected chi connectivity index (χ2v) is 9.16. The predicted octanol–water partition coefficient (Wildman–Crippen LogP) is 4.84. The van der Waals surface area contributed by atoms with E-state index in [9.17, 15) is 0 Å². The van der Waals surface area contributed by atoms with Crippen molar-refractivity contribution in [3.05, 3.63) is 71.5 Å². The van der Waals surface area contributed by atoms with Crippen molar-refractivity contribution in [2.24, 2.45) is 0 Å². The summed E-state index contributed by atoms with van der Waals surface area (Å²) in [5, 5.41) is 0.732. The molecule has 34 heavy (non-hydrogen) atoms. The van der Waals surface area contributed by atoms with E-state index in [-0.39, 0.29) is 6.10 Å². The number of rotatable bonds is 12. The molecule has 0 aliphatic carbocycles. The molecular formula is C26H35ClN6O. The second-order valence-electron chi connectivity index (χ2n) is 8.72. The van der Waals surface area contributed by atoms with E-state index < -0.39 is 0 Å². The molecule has 182 valence electrons. The number of ether oxygens (including phenoxy) is 1. The zero-order chi connectivity index (χ0) is 23.6. The Hall–Kier alpha value is -2.48. The maximum atomic E-state index is 6.43. The Balaban J connectivity index is 1.26. The number of aryl methyl sites for hydroxylation is 1. The summed E-state index contributed by atoms with van der Waals surface area (Å²) in [6, 6.07) is 9.79. The summed E-state index contributed by atoms with van der Waals surface area (Å²) < 4.78 is 8.65. The molecule has 1 aliphatic heterocycles. The average Bonchev–Trinajstić information content (AvgIpc) is 3.35. The maximum absolute atomic E-state index is 6.43. The second kappa shape index (κ2) is 12.8. The number of nitrogens with zero attached hydrogens (tertiary/aromatic N) is 6. The van der Waals surface area contributed by atoms with E-state index in [0.29, 0.717) is 6.61 Å². The summed E-state index contributed by atoms with van der Waals surface area (Å²) in [6.07, 6.45) is 11.8. The van der Waals surface area contributed by atoms with Gasteiger partial charge in [0, 0.05) is 69.1 Å². The number of benzene rings is 1.